The van der Waals surface area contributed by atoms with Crippen molar-refractivity contribution in [2.24, 2.45) is 0 Å². The standard InChI is InChI=1S/C20H21F3N10O9P2S2/c21-9-7(3-34)39-17(33-15-10(30-31-33)16(35)29-19(25)28-15)11(9)42-44(37,46)38-4-8-12(41-43(36)45)20(22,23)18(40-8)32-2-1-6-13(24)26-5-27-14(6)32/h1-2,5,7-9,11-12,17-18,34H,3-4H2,(H6-,24,25,26,27,28,29,31,35,36,37,45,46)/p+1/t7-,8-,9+,11-,12-,17-,18-,44?/m1/s1. The van der Waals surface area contributed by atoms with Gasteiger partial charge in [0.2, 0.25) is 18.3 Å². The van der Waals surface area contributed by atoms with Crippen molar-refractivity contribution in [3.8, 4) is 0 Å². The Labute approximate surface area is 264 Å². The fourth-order valence-electron chi connectivity index (χ4n) is 5.04. The van der Waals surface area contributed by atoms with Crippen molar-refractivity contribution >= 4 is 72.0 Å². The van der Waals surface area contributed by atoms with Gasteiger partial charge in [-0.15, -0.1) is 9.62 Å². The fraction of sp³-hybridized carbons (Fsp3) is 0.500. The lowest BCUT2D eigenvalue weighted by atomic mass is 10.1. The summed E-state index contributed by atoms with van der Waals surface area (Å²) in [6.45, 7) is -6.36. The number of aliphatic hydroxyl groups is 1. The molecule has 0 bridgehead atoms. The minimum absolute atomic E-state index is 0.0121. The number of aromatic amines is 1. The normalized spacial score (nSPS) is 29.4. The topological polar surface area (TPSA) is 263 Å². The van der Waals surface area contributed by atoms with E-state index in [0.29, 0.717) is 0 Å². The van der Waals surface area contributed by atoms with Crippen molar-refractivity contribution in [2.45, 2.75) is 49.0 Å². The summed E-state index contributed by atoms with van der Waals surface area (Å²) in [5.41, 5.74) is 10.1. The van der Waals surface area contributed by atoms with E-state index in [1.165, 1.54) is 12.3 Å². The summed E-state index contributed by atoms with van der Waals surface area (Å²) in [5.74, 6) is -4.21. The van der Waals surface area contributed by atoms with Gasteiger partial charge in [-0.1, -0.05) is 5.21 Å². The lowest BCUT2D eigenvalue weighted by molar-refractivity contribution is -0.132. The monoisotopic (exact) mass is 729 g/mol. The van der Waals surface area contributed by atoms with E-state index in [2.05, 4.69) is 42.5 Å². The summed E-state index contributed by atoms with van der Waals surface area (Å²) in [6.07, 6.45) is -11.0. The number of ether oxygens (including phenoxy) is 2. The van der Waals surface area contributed by atoms with Crippen LogP contribution in [-0.4, -0.2) is 99.2 Å². The molecule has 4 aromatic heterocycles. The lowest BCUT2D eigenvalue weighted by Crippen LogP contribution is -2.40. The van der Waals surface area contributed by atoms with Crippen LogP contribution in [0.25, 0.3) is 22.2 Å². The number of alkyl halides is 3. The third-order valence-electron chi connectivity index (χ3n) is 7.04. The van der Waals surface area contributed by atoms with Gasteiger partial charge >= 0.3 is 19.9 Å². The molecule has 0 radical (unpaired) electrons. The van der Waals surface area contributed by atoms with Gasteiger partial charge in [0.25, 0.3) is 5.56 Å². The van der Waals surface area contributed by atoms with E-state index in [1.807, 2.05) is 0 Å². The zero-order valence-corrected chi connectivity index (χ0v) is 26.1. The number of fused-ring (bicyclic) bond motifs is 2. The summed E-state index contributed by atoms with van der Waals surface area (Å²) >= 11 is 8.62. The third-order valence-corrected chi connectivity index (χ3v) is 9.29. The highest BCUT2D eigenvalue weighted by atomic mass is 32.7. The highest BCUT2D eigenvalue weighted by Crippen LogP contribution is 2.53. The van der Waals surface area contributed by atoms with Gasteiger partial charge in [-0.05, 0) is 22.4 Å². The molecule has 0 aliphatic carbocycles. The minimum atomic E-state index is -4.57. The first-order valence-electron chi connectivity index (χ1n) is 12.8. The Bertz CT molecular complexity index is 1920. The predicted octanol–water partition coefficient (Wildman–Crippen LogP) is 0.475. The summed E-state index contributed by atoms with van der Waals surface area (Å²) < 4.78 is 87.1. The van der Waals surface area contributed by atoms with Crippen LogP contribution in [-0.2, 0) is 39.4 Å². The molecule has 2 unspecified atom stereocenters. The van der Waals surface area contributed by atoms with Crippen LogP contribution in [0.1, 0.15) is 12.5 Å². The number of halogens is 3. The summed E-state index contributed by atoms with van der Waals surface area (Å²) in [6, 6.07) is 1.38. The molecular weight excluding hydrogens is 707 g/mol. The van der Waals surface area contributed by atoms with Gasteiger partial charge in [-0.3, -0.25) is 14.3 Å². The summed E-state index contributed by atoms with van der Waals surface area (Å²) in [7, 11) is -2.90. The van der Waals surface area contributed by atoms with Crippen molar-refractivity contribution < 1.29 is 50.8 Å². The van der Waals surface area contributed by atoms with Crippen molar-refractivity contribution in [2.75, 3.05) is 24.7 Å². The molecule has 6 rings (SSSR count). The second-order valence-electron chi connectivity index (χ2n) is 9.87. The van der Waals surface area contributed by atoms with E-state index in [0.717, 1.165) is 15.6 Å². The van der Waals surface area contributed by atoms with Gasteiger partial charge in [0.05, 0.1) is 18.6 Å². The third kappa shape index (κ3) is 5.87. The van der Waals surface area contributed by atoms with Crippen molar-refractivity contribution in [1.82, 2.24) is 39.5 Å². The SMILES string of the molecule is Nc1nc2c(nnn2[C@@H]2O[C@H](CO)[C@H](F)[C@H]2OP(O)(=S)OC[C@H]2O[C@@H](n3ccc4c(N)ncnc43)C(F)(F)[C@@H]2O[P+](=O)S)c(=O)[nH]1. The number of nitrogens with zero attached hydrogens (tertiary/aromatic N) is 7. The molecule has 19 nitrogen and oxygen atoms in total. The molecule has 0 amide bonds. The van der Waals surface area contributed by atoms with Crippen LogP contribution in [0.15, 0.2) is 23.4 Å². The first-order chi connectivity index (χ1) is 21.7. The van der Waals surface area contributed by atoms with Gasteiger partial charge in [0.15, 0.2) is 23.6 Å². The number of hydrogen-bond donors (Lipinski definition) is 6. The lowest BCUT2D eigenvalue weighted by Gasteiger charge is -2.25. The van der Waals surface area contributed by atoms with E-state index in [4.69, 9.17) is 46.3 Å². The van der Waals surface area contributed by atoms with Crippen molar-refractivity contribution in [1.29, 1.82) is 0 Å². The molecule has 4 aromatic rings. The van der Waals surface area contributed by atoms with Crippen LogP contribution in [0.5, 0.6) is 0 Å². The highest BCUT2D eigenvalue weighted by molar-refractivity contribution is 8.39. The molecule has 0 saturated carbocycles. The van der Waals surface area contributed by atoms with Gasteiger partial charge in [0, 0.05) is 6.20 Å². The van der Waals surface area contributed by atoms with Crippen LogP contribution in [0.2, 0.25) is 0 Å². The Kier molecular flexibility index (Phi) is 8.82. The number of H-pyrrole nitrogens is 1. The van der Waals surface area contributed by atoms with E-state index in [1.54, 1.807) is 0 Å². The fourth-order valence-corrected chi connectivity index (χ4v) is 7.22. The molecule has 2 saturated heterocycles. The van der Waals surface area contributed by atoms with Crippen molar-refractivity contribution in [3.63, 3.8) is 0 Å². The molecule has 46 heavy (non-hydrogen) atoms. The maximum atomic E-state index is 15.7. The molecule has 2 aliphatic heterocycles. The second-order valence-corrected chi connectivity index (χ2v) is 14.3. The number of nitrogens with one attached hydrogen (secondary N) is 1. The molecule has 9 atom stereocenters. The average Bonchev–Trinajstić information content (AvgIpc) is 3.72. The first kappa shape index (κ1) is 33.0. The van der Waals surface area contributed by atoms with Crippen LogP contribution < -0.4 is 17.0 Å². The minimum Gasteiger partial charge on any atom is -0.394 e. The molecule has 2 fully saturated rings. The Hall–Kier alpha value is -2.89. The Balaban J connectivity index is 1.24. The number of aliphatic hydroxyl groups excluding tert-OH is 1. The van der Waals surface area contributed by atoms with Crippen LogP contribution >= 0.6 is 26.2 Å². The number of rotatable bonds is 10. The molecule has 26 heteroatoms. The maximum Gasteiger partial charge on any atom is 0.582 e. The smallest absolute Gasteiger partial charge is 0.394 e. The molecule has 248 valence electrons. The molecule has 0 aromatic carbocycles. The molecule has 7 N–H and O–H groups in total. The first-order valence-corrected chi connectivity index (χ1v) is 17.7. The Morgan fingerprint density at radius 1 is 1.26 bits per heavy atom. The predicted molar refractivity (Wildman–Crippen MR) is 156 cm³/mol. The van der Waals surface area contributed by atoms with E-state index >= 15 is 13.2 Å². The molecule has 2 aliphatic rings. The summed E-state index contributed by atoms with van der Waals surface area (Å²) in [5, 5.41) is 17.3. The number of nitrogen functional groups attached to an aromatic ring is 2. The van der Waals surface area contributed by atoms with Crippen LogP contribution in [0.3, 0.4) is 0 Å². The van der Waals surface area contributed by atoms with E-state index in [-0.39, 0.29) is 34.0 Å². The highest BCUT2D eigenvalue weighted by Gasteiger charge is 2.64. The Morgan fingerprint density at radius 3 is 2.74 bits per heavy atom. The van der Waals surface area contributed by atoms with Gasteiger partial charge < -0.3 is 40.0 Å². The zero-order valence-electron chi connectivity index (χ0n) is 22.6. The number of thiol groups is 1. The second kappa shape index (κ2) is 12.3. The van der Waals surface area contributed by atoms with Crippen LogP contribution in [0, 0.1) is 0 Å². The number of nitrogens with two attached hydrogens (primary N) is 2. The van der Waals surface area contributed by atoms with Crippen LogP contribution in [0.4, 0.5) is 24.9 Å². The molecule has 0 spiro atoms. The van der Waals surface area contributed by atoms with Gasteiger partial charge in [-0.2, -0.15) is 18.4 Å². The largest absolute Gasteiger partial charge is 0.582 e. The maximum absolute atomic E-state index is 15.7. The zero-order chi connectivity index (χ0) is 33.1. The molecule has 6 heterocycles. The van der Waals surface area contributed by atoms with Crippen molar-refractivity contribution in [3.05, 3.63) is 28.9 Å². The Morgan fingerprint density at radius 2 is 2.02 bits per heavy atom. The van der Waals surface area contributed by atoms with Gasteiger partial charge in [-0.25, -0.2) is 14.4 Å². The average molecular weight is 730 g/mol. The van der Waals surface area contributed by atoms with E-state index in [9.17, 15) is 19.4 Å². The quantitative estimate of drug-likeness (QED) is 0.0957. The molecular formula is C20H22F3N10O9P2S2+. The number of hydrogen-bond acceptors (Lipinski definition) is 16. The summed E-state index contributed by atoms with van der Waals surface area (Å²) in [4.78, 5) is 37.0. The van der Waals surface area contributed by atoms with E-state index < -0.39 is 81.7 Å². The number of aromatic nitrogens is 8. The van der Waals surface area contributed by atoms with Gasteiger partial charge in [0.1, 0.15) is 48.4 Å². The number of anilines is 2.